The summed E-state index contributed by atoms with van der Waals surface area (Å²) in [7, 11) is 1.73. The summed E-state index contributed by atoms with van der Waals surface area (Å²) in [6.07, 6.45) is 13.6. The minimum absolute atomic E-state index is 0.214. The maximum absolute atomic E-state index is 11.9. The van der Waals surface area contributed by atoms with Gasteiger partial charge in [0.05, 0.1) is 6.10 Å². The van der Waals surface area contributed by atoms with Crippen molar-refractivity contribution in [1.29, 1.82) is 0 Å². The van der Waals surface area contributed by atoms with Gasteiger partial charge in [-0.1, -0.05) is 65.3 Å². The van der Waals surface area contributed by atoms with Gasteiger partial charge in [-0.15, -0.1) is 0 Å². The summed E-state index contributed by atoms with van der Waals surface area (Å²) >= 11 is 0. The van der Waals surface area contributed by atoms with Crippen molar-refractivity contribution in [1.82, 2.24) is 0 Å². The van der Waals surface area contributed by atoms with Crippen LogP contribution in [0.25, 0.3) is 0 Å². The Bertz CT molecular complexity index is 756. The van der Waals surface area contributed by atoms with Crippen LogP contribution in [0.2, 0.25) is 0 Å². The third kappa shape index (κ3) is 3.57. The molecule has 0 aromatic rings. The standard InChI is InChI=1S/C29H48O3/c1-18(2)19(3)8-9-20(4)23-10-11-24-22-16-26(32-7)29(31)17-21(30)12-15-28(29,6)25(22)13-14-27(23,24)5/h8-9,16,18-21,23-26,30-31H,10-15,17H2,1-7H3/b9-8+/t19?,20?,21-,23+,24?,25?,26?,27+,28+,29-/m0/s1. The topological polar surface area (TPSA) is 49.7 Å². The monoisotopic (exact) mass is 444 g/mol. The maximum Gasteiger partial charge on any atom is 0.105 e. The lowest BCUT2D eigenvalue weighted by Gasteiger charge is -2.62. The molecule has 0 heterocycles. The van der Waals surface area contributed by atoms with E-state index in [9.17, 15) is 10.2 Å². The molecule has 0 aromatic heterocycles. The maximum atomic E-state index is 11.9. The van der Waals surface area contributed by atoms with E-state index in [0.717, 1.165) is 19.3 Å². The Morgan fingerprint density at radius 3 is 2.38 bits per heavy atom. The van der Waals surface area contributed by atoms with Crippen molar-refractivity contribution in [3.8, 4) is 0 Å². The third-order valence-electron chi connectivity index (χ3n) is 11.0. The molecule has 10 atom stereocenters. The molecule has 0 saturated heterocycles. The number of ether oxygens (including phenoxy) is 1. The molecule has 2 N–H and O–H groups in total. The van der Waals surface area contributed by atoms with Crippen LogP contribution in [0.1, 0.15) is 86.5 Å². The summed E-state index contributed by atoms with van der Waals surface area (Å²) in [5.74, 6) is 3.63. The molecule has 4 aliphatic rings. The van der Waals surface area contributed by atoms with Gasteiger partial charge in [0, 0.05) is 18.9 Å². The van der Waals surface area contributed by atoms with E-state index in [0.29, 0.717) is 47.3 Å². The number of hydrogen-bond acceptors (Lipinski definition) is 3. The van der Waals surface area contributed by atoms with Crippen molar-refractivity contribution in [2.24, 2.45) is 46.3 Å². The van der Waals surface area contributed by atoms with Crippen molar-refractivity contribution in [3.05, 3.63) is 23.8 Å². The minimum atomic E-state index is -0.970. The van der Waals surface area contributed by atoms with Gasteiger partial charge in [0.2, 0.25) is 0 Å². The lowest BCUT2D eigenvalue weighted by Crippen LogP contribution is -2.65. The summed E-state index contributed by atoms with van der Waals surface area (Å²) in [5, 5.41) is 22.3. The molecule has 32 heavy (non-hydrogen) atoms. The zero-order valence-corrected chi connectivity index (χ0v) is 21.6. The van der Waals surface area contributed by atoms with Crippen LogP contribution in [-0.4, -0.2) is 35.1 Å². The Morgan fingerprint density at radius 2 is 1.72 bits per heavy atom. The van der Waals surface area contributed by atoms with Crippen LogP contribution in [0.3, 0.4) is 0 Å². The van der Waals surface area contributed by atoms with E-state index in [-0.39, 0.29) is 11.5 Å². The summed E-state index contributed by atoms with van der Waals surface area (Å²) in [6, 6.07) is 0. The molecular formula is C29H48O3. The fraction of sp³-hybridized carbons (Fsp3) is 0.862. The molecule has 5 unspecified atom stereocenters. The second-order valence-corrected chi connectivity index (χ2v) is 12.7. The fourth-order valence-corrected chi connectivity index (χ4v) is 8.40. The Labute approximate surface area is 196 Å². The number of aliphatic hydroxyl groups excluding tert-OH is 1. The van der Waals surface area contributed by atoms with Crippen molar-refractivity contribution in [2.75, 3.05) is 7.11 Å². The zero-order chi connectivity index (χ0) is 23.5. The van der Waals surface area contributed by atoms with Crippen LogP contribution in [0, 0.1) is 46.3 Å². The first-order valence-corrected chi connectivity index (χ1v) is 13.3. The van der Waals surface area contributed by atoms with E-state index in [1.54, 1.807) is 12.7 Å². The molecule has 4 aliphatic carbocycles. The summed E-state index contributed by atoms with van der Waals surface area (Å²) < 4.78 is 5.92. The lowest BCUT2D eigenvalue weighted by atomic mass is 9.45. The van der Waals surface area contributed by atoms with E-state index < -0.39 is 11.7 Å². The highest BCUT2D eigenvalue weighted by Crippen LogP contribution is 2.67. The van der Waals surface area contributed by atoms with Gasteiger partial charge in [0.15, 0.2) is 0 Å². The number of fused-ring (bicyclic) bond motifs is 5. The van der Waals surface area contributed by atoms with Crippen molar-refractivity contribution >= 4 is 0 Å². The van der Waals surface area contributed by atoms with Gasteiger partial charge in [0.1, 0.15) is 11.7 Å². The number of rotatable bonds is 5. The average Bonchev–Trinajstić information content (AvgIpc) is 3.09. The first kappa shape index (κ1) is 24.5. The minimum Gasteiger partial charge on any atom is -0.393 e. The molecule has 4 rings (SSSR count). The first-order valence-electron chi connectivity index (χ1n) is 13.3. The zero-order valence-electron chi connectivity index (χ0n) is 21.6. The van der Waals surface area contributed by atoms with Crippen LogP contribution < -0.4 is 0 Å². The van der Waals surface area contributed by atoms with Crippen molar-refractivity contribution in [2.45, 2.75) is 104 Å². The number of hydrogen-bond donors (Lipinski definition) is 2. The SMILES string of the molecule is COC1C=C2C3CC[C@H](C(C)/C=C/C(C)C(C)C)[C@@]3(C)CCC2[C@@]2(C)CC[C@H](O)C[C@]12O. The highest BCUT2D eigenvalue weighted by atomic mass is 16.5. The summed E-state index contributed by atoms with van der Waals surface area (Å²) in [4.78, 5) is 0. The normalized spacial score (nSPS) is 48.2. The van der Waals surface area contributed by atoms with E-state index in [4.69, 9.17) is 4.74 Å². The molecule has 0 spiro atoms. The smallest absolute Gasteiger partial charge is 0.105 e. The van der Waals surface area contributed by atoms with Gasteiger partial charge in [0.25, 0.3) is 0 Å². The van der Waals surface area contributed by atoms with E-state index in [1.165, 1.54) is 19.3 Å². The molecule has 0 aromatic carbocycles. The van der Waals surface area contributed by atoms with Gasteiger partial charge in [-0.2, -0.15) is 0 Å². The Kier molecular flexibility index (Phi) is 6.53. The molecule has 3 heteroatoms. The Balaban J connectivity index is 1.64. The van der Waals surface area contributed by atoms with Gasteiger partial charge < -0.3 is 14.9 Å². The molecule has 0 amide bonds. The highest BCUT2D eigenvalue weighted by Gasteiger charge is 2.65. The average molecular weight is 445 g/mol. The van der Waals surface area contributed by atoms with Gasteiger partial charge in [-0.3, -0.25) is 0 Å². The lowest BCUT2D eigenvalue weighted by molar-refractivity contribution is -0.216. The van der Waals surface area contributed by atoms with Crippen molar-refractivity contribution < 1.29 is 14.9 Å². The summed E-state index contributed by atoms with van der Waals surface area (Å²) in [5.41, 5.74) is 0.714. The molecule has 3 nitrogen and oxygen atoms in total. The second-order valence-electron chi connectivity index (χ2n) is 12.7. The molecule has 3 fully saturated rings. The van der Waals surface area contributed by atoms with E-state index >= 15 is 0 Å². The molecule has 0 bridgehead atoms. The van der Waals surface area contributed by atoms with Crippen LogP contribution in [0.4, 0.5) is 0 Å². The summed E-state index contributed by atoms with van der Waals surface area (Å²) in [6.45, 7) is 14.2. The fourth-order valence-electron chi connectivity index (χ4n) is 8.40. The molecule has 182 valence electrons. The second kappa shape index (κ2) is 8.54. The van der Waals surface area contributed by atoms with Crippen LogP contribution in [-0.2, 0) is 4.74 Å². The quantitative estimate of drug-likeness (QED) is 0.500. The van der Waals surface area contributed by atoms with Gasteiger partial charge in [-0.25, -0.2) is 0 Å². The Morgan fingerprint density at radius 1 is 1.00 bits per heavy atom. The van der Waals surface area contributed by atoms with Crippen LogP contribution >= 0.6 is 0 Å². The Hall–Kier alpha value is -0.640. The van der Waals surface area contributed by atoms with Gasteiger partial charge in [-0.05, 0) is 79.4 Å². The number of methoxy groups -OCH3 is 1. The van der Waals surface area contributed by atoms with Crippen molar-refractivity contribution in [3.63, 3.8) is 0 Å². The molecule has 0 aliphatic heterocycles. The molecule has 0 radical (unpaired) electrons. The highest BCUT2D eigenvalue weighted by molar-refractivity contribution is 5.33. The van der Waals surface area contributed by atoms with E-state index in [1.807, 2.05) is 0 Å². The molecule has 3 saturated carbocycles. The van der Waals surface area contributed by atoms with E-state index in [2.05, 4.69) is 59.8 Å². The predicted molar refractivity (Wildman–Crippen MR) is 131 cm³/mol. The number of allylic oxidation sites excluding steroid dienone is 3. The first-order chi connectivity index (χ1) is 15.0. The van der Waals surface area contributed by atoms with Crippen LogP contribution in [0.5, 0.6) is 0 Å². The largest absolute Gasteiger partial charge is 0.393 e. The van der Waals surface area contributed by atoms with Gasteiger partial charge >= 0.3 is 0 Å². The molecular weight excluding hydrogens is 396 g/mol. The third-order valence-corrected chi connectivity index (χ3v) is 11.0. The van der Waals surface area contributed by atoms with Crippen LogP contribution in [0.15, 0.2) is 23.8 Å². The number of aliphatic hydroxyl groups is 2. The predicted octanol–water partition coefficient (Wildman–Crippen LogP) is 6.15.